The second-order valence-corrected chi connectivity index (χ2v) is 5.23. The summed E-state index contributed by atoms with van der Waals surface area (Å²) in [6.07, 6.45) is -4.41. The van der Waals surface area contributed by atoms with Crippen LogP contribution in [0.4, 0.5) is 0 Å². The molecule has 0 spiro atoms. The van der Waals surface area contributed by atoms with Crippen LogP contribution in [-0.2, 0) is 20.9 Å². The highest BCUT2D eigenvalue weighted by atomic mass is 16.6. The van der Waals surface area contributed by atoms with Gasteiger partial charge in [0.25, 0.3) is 0 Å². The predicted octanol–water partition coefficient (Wildman–Crippen LogP) is -0.853. The van der Waals surface area contributed by atoms with Crippen molar-refractivity contribution in [2.75, 3.05) is 6.61 Å². The molecule has 7 heteroatoms. The Hall–Kier alpha value is -1.51. The second-order valence-electron chi connectivity index (χ2n) is 5.23. The molecule has 2 rings (SSSR count). The number of rotatable bonds is 5. The van der Waals surface area contributed by atoms with Crippen LogP contribution in [0, 0.1) is 0 Å². The Balaban J connectivity index is 2.10. The van der Waals surface area contributed by atoms with Crippen molar-refractivity contribution in [3.05, 3.63) is 35.9 Å². The second kappa shape index (κ2) is 7.66. The molecule has 22 heavy (non-hydrogen) atoms. The van der Waals surface area contributed by atoms with Crippen LogP contribution in [0.3, 0.4) is 0 Å². The van der Waals surface area contributed by atoms with E-state index in [1.807, 2.05) is 30.3 Å². The summed E-state index contributed by atoms with van der Waals surface area (Å²) >= 11 is 0. The number of aliphatic hydroxyl groups is 3. The average Bonchev–Trinajstić information content (AvgIpc) is 2.50. The zero-order valence-corrected chi connectivity index (χ0v) is 12.3. The van der Waals surface area contributed by atoms with Crippen LogP contribution >= 0.6 is 0 Å². The predicted molar refractivity (Wildman–Crippen MR) is 76.6 cm³/mol. The van der Waals surface area contributed by atoms with Crippen molar-refractivity contribution in [1.29, 1.82) is 0 Å². The first kappa shape index (κ1) is 16.9. The van der Waals surface area contributed by atoms with E-state index in [1.54, 1.807) is 0 Å². The monoisotopic (exact) mass is 311 g/mol. The zero-order chi connectivity index (χ0) is 16.1. The van der Waals surface area contributed by atoms with E-state index in [4.69, 9.17) is 9.47 Å². The fourth-order valence-corrected chi connectivity index (χ4v) is 2.44. The van der Waals surface area contributed by atoms with Crippen LogP contribution < -0.4 is 5.32 Å². The molecule has 0 aromatic heterocycles. The Kier molecular flexibility index (Phi) is 5.87. The number of benzene rings is 1. The SMILES string of the molecule is CC(=O)NC1C(OCc2ccccc2)[C@@H](O)C(CO)O[C@H]1O. The topological polar surface area (TPSA) is 108 Å². The number of carbonyl (C=O) groups is 1. The molecule has 1 heterocycles. The van der Waals surface area contributed by atoms with E-state index in [0.717, 1.165) is 5.56 Å². The van der Waals surface area contributed by atoms with Gasteiger partial charge < -0.3 is 30.1 Å². The van der Waals surface area contributed by atoms with Crippen molar-refractivity contribution in [3.8, 4) is 0 Å². The molecule has 0 aliphatic carbocycles. The van der Waals surface area contributed by atoms with Crippen LogP contribution in [0.1, 0.15) is 12.5 Å². The minimum Gasteiger partial charge on any atom is -0.394 e. The first-order valence-corrected chi connectivity index (χ1v) is 7.08. The van der Waals surface area contributed by atoms with Gasteiger partial charge >= 0.3 is 0 Å². The molecular formula is C15H21NO6. The highest BCUT2D eigenvalue weighted by Gasteiger charge is 2.45. The molecule has 1 saturated heterocycles. The smallest absolute Gasteiger partial charge is 0.217 e. The molecule has 7 nitrogen and oxygen atoms in total. The van der Waals surface area contributed by atoms with E-state index < -0.39 is 37.3 Å². The van der Waals surface area contributed by atoms with Gasteiger partial charge in [-0.25, -0.2) is 0 Å². The van der Waals surface area contributed by atoms with Gasteiger partial charge in [0.05, 0.1) is 13.2 Å². The Morgan fingerprint density at radius 2 is 2.00 bits per heavy atom. The van der Waals surface area contributed by atoms with E-state index in [9.17, 15) is 20.1 Å². The maximum absolute atomic E-state index is 11.3. The molecule has 1 aliphatic rings. The molecule has 5 atom stereocenters. The van der Waals surface area contributed by atoms with Crippen LogP contribution in [0.5, 0.6) is 0 Å². The first-order valence-electron chi connectivity index (χ1n) is 7.08. The van der Waals surface area contributed by atoms with E-state index in [1.165, 1.54) is 6.92 Å². The quantitative estimate of drug-likeness (QED) is 0.564. The Morgan fingerprint density at radius 1 is 1.32 bits per heavy atom. The molecule has 1 aromatic rings. The number of hydrogen-bond acceptors (Lipinski definition) is 6. The molecule has 4 N–H and O–H groups in total. The number of amides is 1. The van der Waals surface area contributed by atoms with Gasteiger partial charge in [-0.1, -0.05) is 30.3 Å². The summed E-state index contributed by atoms with van der Waals surface area (Å²) in [5, 5.41) is 31.9. The molecular weight excluding hydrogens is 290 g/mol. The number of aliphatic hydroxyl groups excluding tert-OH is 3. The lowest BCUT2D eigenvalue weighted by molar-refractivity contribution is -0.263. The molecule has 1 fully saturated rings. The lowest BCUT2D eigenvalue weighted by Gasteiger charge is -2.42. The van der Waals surface area contributed by atoms with E-state index in [2.05, 4.69) is 5.32 Å². The molecule has 0 saturated carbocycles. The van der Waals surface area contributed by atoms with Crippen molar-refractivity contribution >= 4 is 5.91 Å². The molecule has 1 aliphatic heterocycles. The van der Waals surface area contributed by atoms with Crippen LogP contribution in [0.25, 0.3) is 0 Å². The van der Waals surface area contributed by atoms with Gasteiger partial charge in [-0.05, 0) is 5.56 Å². The highest BCUT2D eigenvalue weighted by molar-refractivity contribution is 5.73. The fraction of sp³-hybridized carbons (Fsp3) is 0.533. The number of hydrogen-bond donors (Lipinski definition) is 4. The van der Waals surface area contributed by atoms with Crippen molar-refractivity contribution in [1.82, 2.24) is 5.32 Å². The van der Waals surface area contributed by atoms with Gasteiger partial charge in [-0.2, -0.15) is 0 Å². The van der Waals surface area contributed by atoms with Crippen molar-refractivity contribution in [2.45, 2.75) is 44.2 Å². The largest absolute Gasteiger partial charge is 0.394 e. The van der Waals surface area contributed by atoms with Crippen molar-refractivity contribution < 1.29 is 29.6 Å². The summed E-state index contributed by atoms with van der Waals surface area (Å²) < 4.78 is 10.8. The Morgan fingerprint density at radius 3 is 2.59 bits per heavy atom. The maximum atomic E-state index is 11.3. The van der Waals surface area contributed by atoms with Crippen molar-refractivity contribution in [2.24, 2.45) is 0 Å². The minimum absolute atomic E-state index is 0.198. The lowest BCUT2D eigenvalue weighted by atomic mass is 9.96. The number of nitrogens with one attached hydrogen (secondary N) is 1. The zero-order valence-electron chi connectivity index (χ0n) is 12.3. The highest BCUT2D eigenvalue weighted by Crippen LogP contribution is 2.23. The normalized spacial score (nSPS) is 31.7. The molecule has 0 bridgehead atoms. The summed E-state index contributed by atoms with van der Waals surface area (Å²) in [7, 11) is 0. The third-order valence-electron chi connectivity index (χ3n) is 3.53. The van der Waals surface area contributed by atoms with Crippen LogP contribution in [0.15, 0.2) is 30.3 Å². The van der Waals surface area contributed by atoms with E-state index in [-0.39, 0.29) is 12.5 Å². The summed E-state index contributed by atoms with van der Waals surface area (Å²) in [6.45, 7) is 1.03. The first-order chi connectivity index (χ1) is 10.5. The van der Waals surface area contributed by atoms with Crippen LogP contribution in [-0.4, -0.2) is 58.5 Å². The summed E-state index contributed by atoms with van der Waals surface area (Å²) in [5.74, 6) is -0.379. The van der Waals surface area contributed by atoms with E-state index >= 15 is 0 Å². The fourth-order valence-electron chi connectivity index (χ4n) is 2.44. The van der Waals surface area contributed by atoms with Gasteiger partial charge in [0, 0.05) is 6.92 Å². The molecule has 1 aromatic carbocycles. The van der Waals surface area contributed by atoms with Gasteiger partial charge in [-0.3, -0.25) is 4.79 Å². The molecule has 1 amide bonds. The van der Waals surface area contributed by atoms with Crippen molar-refractivity contribution in [3.63, 3.8) is 0 Å². The summed E-state index contributed by atoms with van der Waals surface area (Å²) in [6, 6.07) is 8.39. The Bertz CT molecular complexity index is 482. The van der Waals surface area contributed by atoms with E-state index in [0.29, 0.717) is 0 Å². The van der Waals surface area contributed by atoms with Crippen LogP contribution in [0.2, 0.25) is 0 Å². The number of ether oxygens (including phenoxy) is 2. The standard InChI is InChI=1S/C15H21NO6/c1-9(18)16-12-14(13(19)11(7-17)22-15(12)20)21-8-10-5-3-2-4-6-10/h2-6,11-15,17,19-20H,7-8H2,1H3,(H,16,18)/t11?,12?,13-,14?,15+/m0/s1. The third-order valence-corrected chi connectivity index (χ3v) is 3.53. The maximum Gasteiger partial charge on any atom is 0.217 e. The number of carbonyl (C=O) groups excluding carboxylic acids is 1. The lowest BCUT2D eigenvalue weighted by Crippen LogP contribution is -2.64. The van der Waals surface area contributed by atoms with Gasteiger partial charge in [-0.15, -0.1) is 0 Å². The van der Waals surface area contributed by atoms with Gasteiger partial charge in [0.1, 0.15) is 24.4 Å². The molecule has 122 valence electrons. The van der Waals surface area contributed by atoms with Gasteiger partial charge in [0.2, 0.25) is 5.91 Å². The summed E-state index contributed by atoms with van der Waals surface area (Å²) in [5.41, 5.74) is 0.887. The third kappa shape index (κ3) is 4.02. The average molecular weight is 311 g/mol. The molecule has 0 radical (unpaired) electrons. The Labute approximate surface area is 128 Å². The van der Waals surface area contributed by atoms with Gasteiger partial charge in [0.15, 0.2) is 6.29 Å². The molecule has 3 unspecified atom stereocenters. The summed E-state index contributed by atoms with van der Waals surface area (Å²) in [4.78, 5) is 11.3. The minimum atomic E-state index is -1.37.